The van der Waals surface area contributed by atoms with Gasteiger partial charge in [0.1, 0.15) is 11.4 Å². The first kappa shape index (κ1) is 16.0. The molecule has 4 nitrogen and oxygen atoms in total. The number of nitrogens with zero attached hydrogens (tertiary/aromatic N) is 1. The molecular weight excluding hydrogens is 320 g/mol. The maximum Gasteiger partial charge on any atom is 0.329 e. The quantitative estimate of drug-likeness (QED) is 0.859. The van der Waals surface area contributed by atoms with E-state index in [1.54, 1.807) is 6.92 Å². The highest BCUT2D eigenvalue weighted by molar-refractivity contribution is 6.36. The van der Waals surface area contributed by atoms with Crippen LogP contribution < -0.4 is 0 Å². The molecule has 21 heavy (non-hydrogen) atoms. The lowest BCUT2D eigenvalue weighted by Gasteiger charge is -2.34. The smallest absolute Gasteiger partial charge is 0.329 e. The molecule has 1 N–H and O–H groups in total. The molecule has 1 saturated heterocycles. The number of hydrogen-bond donors (Lipinski definition) is 1. The van der Waals surface area contributed by atoms with Gasteiger partial charge in [0, 0.05) is 6.54 Å². The Hall–Kier alpha value is -1.33. The maximum absolute atomic E-state index is 13.6. The standard InChI is InChI=1S/C14H14Cl2FNO3/c1-2-14(13(20)21)4-3-5-18(14)12(19)8-6-11(17)10(16)7-9(8)15/h6-7H,2-5H2,1H3,(H,20,21). The second-order valence-electron chi connectivity index (χ2n) is 5.00. The van der Waals surface area contributed by atoms with Gasteiger partial charge in [0.15, 0.2) is 0 Å². The first-order valence-corrected chi connectivity index (χ1v) is 7.29. The van der Waals surface area contributed by atoms with Crippen LogP contribution in [0.25, 0.3) is 0 Å². The maximum atomic E-state index is 13.6. The minimum atomic E-state index is -1.25. The SMILES string of the molecule is CCC1(C(=O)O)CCCN1C(=O)c1cc(F)c(Cl)cc1Cl. The number of aliphatic carboxylic acids is 1. The summed E-state index contributed by atoms with van der Waals surface area (Å²) in [6.45, 7) is 2.02. The third kappa shape index (κ3) is 2.60. The molecule has 1 aliphatic heterocycles. The molecule has 1 amide bonds. The van der Waals surface area contributed by atoms with Gasteiger partial charge in [-0.25, -0.2) is 9.18 Å². The van der Waals surface area contributed by atoms with Crippen LogP contribution >= 0.6 is 23.2 Å². The van der Waals surface area contributed by atoms with Crippen molar-refractivity contribution in [1.29, 1.82) is 0 Å². The number of carboxylic acids is 1. The Bertz CT molecular complexity index is 608. The lowest BCUT2D eigenvalue weighted by molar-refractivity contribution is -0.148. The average molecular weight is 334 g/mol. The number of carboxylic acid groups (broad SMARTS) is 1. The van der Waals surface area contributed by atoms with Gasteiger partial charge in [0.2, 0.25) is 0 Å². The van der Waals surface area contributed by atoms with Crippen molar-refractivity contribution in [2.75, 3.05) is 6.54 Å². The molecule has 1 unspecified atom stereocenters. The fourth-order valence-corrected chi connectivity index (χ4v) is 3.21. The van der Waals surface area contributed by atoms with Crippen LogP contribution in [0.15, 0.2) is 12.1 Å². The molecule has 7 heteroatoms. The molecule has 114 valence electrons. The van der Waals surface area contributed by atoms with Crippen molar-refractivity contribution in [1.82, 2.24) is 4.90 Å². The summed E-state index contributed by atoms with van der Waals surface area (Å²) in [5.41, 5.74) is -1.32. The molecule has 1 aromatic rings. The van der Waals surface area contributed by atoms with Gasteiger partial charge in [-0.2, -0.15) is 0 Å². The second-order valence-corrected chi connectivity index (χ2v) is 5.81. The topological polar surface area (TPSA) is 57.6 Å². The minimum absolute atomic E-state index is 0.00805. The number of benzene rings is 1. The average Bonchev–Trinajstić information content (AvgIpc) is 2.87. The number of carbonyl (C=O) groups is 2. The van der Waals surface area contributed by atoms with Crippen molar-refractivity contribution >= 4 is 35.1 Å². The summed E-state index contributed by atoms with van der Waals surface area (Å²) in [5, 5.41) is 9.30. The number of hydrogen-bond acceptors (Lipinski definition) is 2. The largest absolute Gasteiger partial charge is 0.479 e. The predicted molar refractivity (Wildman–Crippen MR) is 77.3 cm³/mol. The van der Waals surface area contributed by atoms with Gasteiger partial charge < -0.3 is 10.0 Å². The van der Waals surface area contributed by atoms with Crippen LogP contribution in [0.5, 0.6) is 0 Å². The van der Waals surface area contributed by atoms with E-state index in [1.807, 2.05) is 0 Å². The molecule has 0 radical (unpaired) electrons. The Balaban J connectivity index is 2.44. The Morgan fingerprint density at radius 2 is 2.05 bits per heavy atom. The zero-order chi connectivity index (χ0) is 15.8. The predicted octanol–water partition coefficient (Wildman–Crippen LogP) is 3.60. The third-order valence-corrected chi connectivity index (χ3v) is 4.56. The van der Waals surface area contributed by atoms with E-state index in [2.05, 4.69) is 0 Å². The van der Waals surface area contributed by atoms with E-state index < -0.39 is 23.2 Å². The highest BCUT2D eigenvalue weighted by Crippen LogP contribution is 2.35. The number of likely N-dealkylation sites (tertiary alicyclic amines) is 1. The van der Waals surface area contributed by atoms with E-state index in [-0.39, 0.29) is 22.0 Å². The molecule has 1 fully saturated rings. The van der Waals surface area contributed by atoms with Crippen molar-refractivity contribution in [2.24, 2.45) is 0 Å². The summed E-state index contributed by atoms with van der Waals surface area (Å²) in [7, 11) is 0. The van der Waals surface area contributed by atoms with Gasteiger partial charge in [-0.3, -0.25) is 4.79 Å². The number of rotatable bonds is 3. The highest BCUT2D eigenvalue weighted by atomic mass is 35.5. The van der Waals surface area contributed by atoms with Gasteiger partial charge in [-0.05, 0) is 31.4 Å². The van der Waals surface area contributed by atoms with Gasteiger partial charge in [-0.15, -0.1) is 0 Å². The minimum Gasteiger partial charge on any atom is -0.479 e. The number of amides is 1. The molecule has 0 spiro atoms. The van der Waals surface area contributed by atoms with Crippen molar-refractivity contribution in [3.05, 3.63) is 33.6 Å². The molecule has 2 rings (SSSR count). The molecule has 0 bridgehead atoms. The van der Waals surface area contributed by atoms with Gasteiger partial charge in [0.05, 0.1) is 15.6 Å². The Kier molecular flexibility index (Phi) is 4.44. The van der Waals surface area contributed by atoms with E-state index in [9.17, 15) is 19.1 Å². The Labute approximate surface area is 131 Å². The summed E-state index contributed by atoms with van der Waals surface area (Å²) in [6, 6.07) is 2.10. The van der Waals surface area contributed by atoms with E-state index in [0.29, 0.717) is 19.4 Å². The fraction of sp³-hybridized carbons (Fsp3) is 0.429. The van der Waals surface area contributed by atoms with Crippen LogP contribution in [-0.4, -0.2) is 34.0 Å². The highest BCUT2D eigenvalue weighted by Gasteiger charge is 2.49. The van der Waals surface area contributed by atoms with Crippen LogP contribution in [0.4, 0.5) is 4.39 Å². The lowest BCUT2D eigenvalue weighted by atomic mass is 9.92. The van der Waals surface area contributed by atoms with E-state index in [1.165, 1.54) is 4.90 Å². The van der Waals surface area contributed by atoms with Gasteiger partial charge >= 0.3 is 5.97 Å². The summed E-state index contributed by atoms with van der Waals surface area (Å²) in [6.07, 6.45) is 1.24. The zero-order valence-corrected chi connectivity index (χ0v) is 12.8. The monoisotopic (exact) mass is 333 g/mol. The molecule has 1 aromatic carbocycles. The van der Waals surface area contributed by atoms with Crippen molar-refractivity contribution in [3.63, 3.8) is 0 Å². The Morgan fingerprint density at radius 3 is 2.62 bits per heavy atom. The zero-order valence-electron chi connectivity index (χ0n) is 11.3. The van der Waals surface area contributed by atoms with Gasteiger partial charge in [-0.1, -0.05) is 30.1 Å². The Morgan fingerprint density at radius 1 is 1.38 bits per heavy atom. The van der Waals surface area contributed by atoms with Crippen LogP contribution in [-0.2, 0) is 4.79 Å². The summed E-state index contributed by atoms with van der Waals surface area (Å²) < 4.78 is 13.6. The molecule has 0 aliphatic carbocycles. The van der Waals surface area contributed by atoms with Crippen molar-refractivity contribution in [3.8, 4) is 0 Å². The fourth-order valence-electron chi connectivity index (χ4n) is 2.75. The van der Waals surface area contributed by atoms with Crippen LogP contribution in [0.1, 0.15) is 36.5 Å². The lowest BCUT2D eigenvalue weighted by Crippen LogP contribution is -2.52. The number of halogens is 3. The normalized spacial score (nSPS) is 21.6. The molecule has 1 aliphatic rings. The van der Waals surface area contributed by atoms with Crippen molar-refractivity contribution < 1.29 is 19.1 Å². The number of carbonyl (C=O) groups excluding carboxylic acids is 1. The molecular formula is C14H14Cl2FNO3. The third-order valence-electron chi connectivity index (χ3n) is 3.96. The van der Waals surface area contributed by atoms with E-state index in [0.717, 1.165) is 12.1 Å². The summed E-state index contributed by atoms with van der Waals surface area (Å²) >= 11 is 11.6. The first-order valence-electron chi connectivity index (χ1n) is 6.53. The van der Waals surface area contributed by atoms with Crippen LogP contribution in [0.2, 0.25) is 10.0 Å². The van der Waals surface area contributed by atoms with Gasteiger partial charge in [0.25, 0.3) is 5.91 Å². The van der Waals surface area contributed by atoms with Crippen LogP contribution in [0, 0.1) is 5.82 Å². The molecule has 1 heterocycles. The van der Waals surface area contributed by atoms with E-state index >= 15 is 0 Å². The summed E-state index contributed by atoms with van der Waals surface area (Å²) in [5.74, 6) is -2.40. The summed E-state index contributed by atoms with van der Waals surface area (Å²) in [4.78, 5) is 25.4. The molecule has 0 saturated carbocycles. The first-order chi connectivity index (χ1) is 9.83. The van der Waals surface area contributed by atoms with E-state index in [4.69, 9.17) is 23.2 Å². The van der Waals surface area contributed by atoms with Crippen molar-refractivity contribution in [2.45, 2.75) is 31.7 Å². The van der Waals surface area contributed by atoms with Crippen LogP contribution in [0.3, 0.4) is 0 Å². The second kappa shape index (κ2) is 5.81. The molecule has 0 aromatic heterocycles. The molecule has 1 atom stereocenters.